The number of anilines is 1. The van der Waals surface area contributed by atoms with Gasteiger partial charge in [0, 0.05) is 54.0 Å². The molecule has 0 atom stereocenters. The van der Waals surface area contributed by atoms with Crippen LogP contribution >= 0.6 is 0 Å². The average molecular weight is 364 g/mol. The number of halogens is 4. The second-order valence-electron chi connectivity index (χ2n) is 5.69. The molecule has 4 heterocycles. The fourth-order valence-electron chi connectivity index (χ4n) is 2.68. The second-order valence-corrected chi connectivity index (χ2v) is 5.69. The van der Waals surface area contributed by atoms with E-state index in [0.717, 1.165) is 0 Å². The maximum Gasteiger partial charge on any atom is 0.390 e. The maximum absolute atomic E-state index is 14.1. The maximum atomic E-state index is 14.1. The SMILES string of the molecule is Fc1cc(-c2c[nH]c3nc(NCCC(F)(F)F)ncc23)cn2ccnc12. The minimum absolute atomic E-state index is 0.0893. The lowest BCUT2D eigenvalue weighted by Gasteiger charge is -2.07. The van der Waals surface area contributed by atoms with Crippen LogP contribution in [0, 0.1) is 5.82 Å². The Bertz CT molecular complexity index is 1080. The first-order valence-corrected chi connectivity index (χ1v) is 7.68. The Morgan fingerprint density at radius 1 is 1.23 bits per heavy atom. The molecule has 26 heavy (non-hydrogen) atoms. The summed E-state index contributed by atoms with van der Waals surface area (Å²) >= 11 is 0. The Morgan fingerprint density at radius 3 is 2.88 bits per heavy atom. The van der Waals surface area contributed by atoms with Gasteiger partial charge in [0.2, 0.25) is 5.95 Å². The molecule has 0 aliphatic rings. The summed E-state index contributed by atoms with van der Waals surface area (Å²) in [5, 5.41) is 3.17. The number of alkyl halides is 3. The molecule has 0 aliphatic heterocycles. The van der Waals surface area contributed by atoms with E-state index >= 15 is 0 Å². The van der Waals surface area contributed by atoms with Crippen molar-refractivity contribution < 1.29 is 17.6 Å². The van der Waals surface area contributed by atoms with E-state index in [9.17, 15) is 17.6 Å². The molecule has 0 radical (unpaired) electrons. The molecule has 0 aliphatic carbocycles. The smallest absolute Gasteiger partial charge is 0.354 e. The van der Waals surface area contributed by atoms with Crippen LogP contribution < -0.4 is 5.32 Å². The molecular formula is C16H12F4N6. The van der Waals surface area contributed by atoms with E-state index in [-0.39, 0.29) is 18.1 Å². The average Bonchev–Trinajstić information content (AvgIpc) is 3.19. The van der Waals surface area contributed by atoms with Crippen LogP contribution in [0.15, 0.2) is 37.1 Å². The first kappa shape index (κ1) is 16.3. The fourth-order valence-corrected chi connectivity index (χ4v) is 2.68. The molecule has 4 aromatic rings. The van der Waals surface area contributed by atoms with E-state index in [2.05, 4.69) is 25.3 Å². The molecule has 2 N–H and O–H groups in total. The van der Waals surface area contributed by atoms with Crippen LogP contribution in [0.2, 0.25) is 0 Å². The summed E-state index contributed by atoms with van der Waals surface area (Å²) < 4.78 is 52.3. The van der Waals surface area contributed by atoms with Gasteiger partial charge in [-0.15, -0.1) is 0 Å². The molecule has 134 valence electrons. The molecular weight excluding hydrogens is 352 g/mol. The number of nitrogens with one attached hydrogen (secondary N) is 2. The summed E-state index contributed by atoms with van der Waals surface area (Å²) in [6, 6.07) is 1.36. The van der Waals surface area contributed by atoms with Gasteiger partial charge in [-0.1, -0.05) is 0 Å². The quantitative estimate of drug-likeness (QED) is 0.541. The normalized spacial score (nSPS) is 12.2. The molecule has 10 heteroatoms. The molecule has 0 spiro atoms. The zero-order valence-electron chi connectivity index (χ0n) is 13.2. The molecule has 0 amide bonds. The van der Waals surface area contributed by atoms with E-state index in [1.54, 1.807) is 23.0 Å². The lowest BCUT2D eigenvalue weighted by Crippen LogP contribution is -2.15. The zero-order chi connectivity index (χ0) is 18.3. The molecule has 0 saturated heterocycles. The number of hydrogen-bond donors (Lipinski definition) is 2. The highest BCUT2D eigenvalue weighted by Crippen LogP contribution is 2.29. The Hall–Kier alpha value is -3.17. The summed E-state index contributed by atoms with van der Waals surface area (Å²) in [7, 11) is 0. The van der Waals surface area contributed by atoms with E-state index in [1.807, 2.05) is 0 Å². The fraction of sp³-hybridized carbons (Fsp3) is 0.188. The highest BCUT2D eigenvalue weighted by Gasteiger charge is 2.26. The van der Waals surface area contributed by atoms with E-state index < -0.39 is 18.4 Å². The van der Waals surface area contributed by atoms with Crippen molar-refractivity contribution in [2.24, 2.45) is 0 Å². The van der Waals surface area contributed by atoms with Crippen molar-refractivity contribution in [1.29, 1.82) is 0 Å². The highest BCUT2D eigenvalue weighted by molar-refractivity contribution is 5.93. The summed E-state index contributed by atoms with van der Waals surface area (Å²) in [6.45, 7) is -0.314. The van der Waals surface area contributed by atoms with Crippen LogP contribution in [-0.4, -0.2) is 37.1 Å². The Balaban J connectivity index is 1.64. The van der Waals surface area contributed by atoms with Crippen LogP contribution in [0.5, 0.6) is 0 Å². The lowest BCUT2D eigenvalue weighted by atomic mass is 10.1. The Kier molecular flexibility index (Phi) is 3.74. The number of hydrogen-bond acceptors (Lipinski definition) is 4. The predicted molar refractivity (Wildman–Crippen MR) is 87.2 cm³/mol. The number of imidazole rings is 1. The number of fused-ring (bicyclic) bond motifs is 2. The summed E-state index contributed by atoms with van der Waals surface area (Å²) in [6.07, 6.45) is 2.77. The second kappa shape index (κ2) is 5.97. The van der Waals surface area contributed by atoms with E-state index in [1.165, 1.54) is 18.5 Å². The van der Waals surface area contributed by atoms with Gasteiger partial charge in [-0.2, -0.15) is 18.2 Å². The van der Waals surface area contributed by atoms with Crippen LogP contribution in [0.25, 0.3) is 27.8 Å². The van der Waals surface area contributed by atoms with Crippen LogP contribution in [0.3, 0.4) is 0 Å². The van der Waals surface area contributed by atoms with Crippen molar-refractivity contribution in [3.8, 4) is 11.1 Å². The van der Waals surface area contributed by atoms with Crippen molar-refractivity contribution in [2.45, 2.75) is 12.6 Å². The minimum Gasteiger partial charge on any atom is -0.354 e. The van der Waals surface area contributed by atoms with Crippen LogP contribution in [-0.2, 0) is 0 Å². The monoisotopic (exact) mass is 364 g/mol. The number of aromatic nitrogens is 5. The number of rotatable bonds is 4. The number of pyridine rings is 1. The molecule has 4 rings (SSSR count). The molecule has 0 bridgehead atoms. The van der Waals surface area contributed by atoms with Crippen molar-refractivity contribution in [1.82, 2.24) is 24.3 Å². The van der Waals surface area contributed by atoms with Crippen molar-refractivity contribution in [3.05, 3.63) is 42.9 Å². The van der Waals surface area contributed by atoms with Gasteiger partial charge in [0.25, 0.3) is 0 Å². The first-order chi connectivity index (χ1) is 12.4. The minimum atomic E-state index is -4.24. The topological polar surface area (TPSA) is 70.9 Å². The van der Waals surface area contributed by atoms with Crippen molar-refractivity contribution in [3.63, 3.8) is 0 Å². The molecule has 0 aromatic carbocycles. The zero-order valence-corrected chi connectivity index (χ0v) is 13.2. The van der Waals surface area contributed by atoms with Gasteiger partial charge in [-0.25, -0.2) is 14.4 Å². The van der Waals surface area contributed by atoms with Gasteiger partial charge in [0.1, 0.15) is 5.65 Å². The molecule has 6 nitrogen and oxygen atoms in total. The predicted octanol–water partition coefficient (Wildman–Crippen LogP) is 3.78. The van der Waals surface area contributed by atoms with Gasteiger partial charge in [-0.3, -0.25) is 0 Å². The third kappa shape index (κ3) is 3.05. The molecule has 0 unspecified atom stereocenters. The third-order valence-corrected chi connectivity index (χ3v) is 3.88. The van der Waals surface area contributed by atoms with Crippen LogP contribution in [0.4, 0.5) is 23.5 Å². The first-order valence-electron chi connectivity index (χ1n) is 7.68. The van der Waals surface area contributed by atoms with Crippen LogP contribution in [0.1, 0.15) is 6.42 Å². The Labute approximate surface area is 143 Å². The van der Waals surface area contributed by atoms with Crippen molar-refractivity contribution >= 4 is 22.6 Å². The van der Waals surface area contributed by atoms with Gasteiger partial charge in [0.05, 0.1) is 6.42 Å². The summed E-state index contributed by atoms with van der Waals surface area (Å²) in [4.78, 5) is 15.1. The Morgan fingerprint density at radius 2 is 2.08 bits per heavy atom. The number of nitrogens with zero attached hydrogens (tertiary/aromatic N) is 4. The third-order valence-electron chi connectivity index (χ3n) is 3.88. The summed E-state index contributed by atoms with van der Waals surface area (Å²) in [5.74, 6) is -0.375. The van der Waals surface area contributed by atoms with Gasteiger partial charge in [0.15, 0.2) is 11.5 Å². The lowest BCUT2D eigenvalue weighted by molar-refractivity contribution is -0.131. The van der Waals surface area contributed by atoms with Gasteiger partial charge < -0.3 is 14.7 Å². The van der Waals surface area contributed by atoms with E-state index in [4.69, 9.17) is 0 Å². The van der Waals surface area contributed by atoms with E-state index in [0.29, 0.717) is 22.2 Å². The number of aromatic amines is 1. The van der Waals surface area contributed by atoms with Crippen molar-refractivity contribution in [2.75, 3.05) is 11.9 Å². The molecule has 4 aromatic heterocycles. The molecule has 0 saturated carbocycles. The summed E-state index contributed by atoms with van der Waals surface area (Å²) in [5.41, 5.74) is 1.94. The molecule has 0 fully saturated rings. The standard InChI is InChI=1S/C16H12F4N6/c17-12-5-9(8-26-4-3-21-14(12)26)10-6-23-13-11(10)7-24-15(25-13)22-2-1-16(18,19)20/h3-8H,1-2H2,(H2,22,23,24,25). The largest absolute Gasteiger partial charge is 0.390 e. The van der Waals surface area contributed by atoms with Gasteiger partial charge in [-0.05, 0) is 6.07 Å². The number of H-pyrrole nitrogens is 1. The van der Waals surface area contributed by atoms with Gasteiger partial charge >= 0.3 is 6.18 Å². The highest BCUT2D eigenvalue weighted by atomic mass is 19.4.